The van der Waals surface area contributed by atoms with Crippen molar-refractivity contribution >= 4 is 0 Å². The van der Waals surface area contributed by atoms with E-state index in [2.05, 4.69) is 19.2 Å². The van der Waals surface area contributed by atoms with Crippen LogP contribution in [0.15, 0.2) is 24.3 Å². The predicted octanol–water partition coefficient (Wildman–Crippen LogP) is 2.57. The fourth-order valence-electron chi connectivity index (χ4n) is 1.85. The van der Waals surface area contributed by atoms with Crippen molar-refractivity contribution in [3.8, 4) is 5.75 Å². The van der Waals surface area contributed by atoms with Crippen LogP contribution in [0.4, 0.5) is 0 Å². The van der Waals surface area contributed by atoms with Crippen molar-refractivity contribution in [3.05, 3.63) is 29.8 Å². The van der Waals surface area contributed by atoms with Gasteiger partial charge in [-0.1, -0.05) is 25.5 Å². The summed E-state index contributed by atoms with van der Waals surface area (Å²) < 4.78 is 0. The van der Waals surface area contributed by atoms with Crippen molar-refractivity contribution in [2.75, 3.05) is 7.05 Å². The molecule has 0 amide bonds. The highest BCUT2D eigenvalue weighted by molar-refractivity contribution is 5.26. The maximum Gasteiger partial charge on any atom is 0.115 e. The highest BCUT2D eigenvalue weighted by Crippen LogP contribution is 2.18. The Morgan fingerprint density at radius 3 is 2.33 bits per heavy atom. The molecule has 84 valence electrons. The maximum atomic E-state index is 9.19. The quantitative estimate of drug-likeness (QED) is 0.777. The van der Waals surface area contributed by atoms with Crippen molar-refractivity contribution < 1.29 is 5.11 Å². The summed E-state index contributed by atoms with van der Waals surface area (Å²) in [6.07, 6.45) is 2.24. The average molecular weight is 207 g/mol. The van der Waals surface area contributed by atoms with E-state index in [-0.39, 0.29) is 0 Å². The molecule has 1 aromatic carbocycles. The van der Waals surface area contributed by atoms with E-state index in [4.69, 9.17) is 0 Å². The molecule has 2 heteroatoms. The lowest BCUT2D eigenvalue weighted by Crippen LogP contribution is -2.31. The lowest BCUT2D eigenvalue weighted by Gasteiger charge is -2.22. The Kier molecular flexibility index (Phi) is 4.63. The largest absolute Gasteiger partial charge is 0.508 e. The first-order chi connectivity index (χ1) is 7.17. The number of phenolic OH excluding ortho intramolecular Hbond substituents is 1. The normalized spacial score (nSPS) is 14.9. The number of hydrogen-bond acceptors (Lipinski definition) is 2. The van der Waals surface area contributed by atoms with Crippen LogP contribution in [0.2, 0.25) is 0 Å². The molecule has 1 rings (SSSR count). The molecule has 2 nitrogen and oxygen atoms in total. The monoisotopic (exact) mass is 207 g/mol. The van der Waals surface area contributed by atoms with Crippen LogP contribution < -0.4 is 5.32 Å². The van der Waals surface area contributed by atoms with Crippen LogP contribution in [0.25, 0.3) is 0 Å². The number of hydrogen-bond donors (Lipinski definition) is 2. The second-order valence-corrected chi connectivity index (χ2v) is 4.12. The van der Waals surface area contributed by atoms with E-state index in [9.17, 15) is 5.11 Å². The van der Waals surface area contributed by atoms with E-state index in [1.54, 1.807) is 12.1 Å². The van der Waals surface area contributed by atoms with Crippen molar-refractivity contribution in [1.82, 2.24) is 5.32 Å². The van der Waals surface area contributed by atoms with Crippen LogP contribution in [-0.4, -0.2) is 18.2 Å². The second-order valence-electron chi connectivity index (χ2n) is 4.12. The molecular weight excluding hydrogens is 186 g/mol. The van der Waals surface area contributed by atoms with E-state index in [0.29, 0.717) is 17.7 Å². The number of nitrogens with one attached hydrogen (secondary N) is 1. The van der Waals surface area contributed by atoms with Gasteiger partial charge in [-0.05, 0) is 44.0 Å². The molecule has 2 atom stereocenters. The molecule has 2 unspecified atom stereocenters. The first-order valence-corrected chi connectivity index (χ1v) is 5.62. The molecule has 2 N–H and O–H groups in total. The molecule has 0 heterocycles. The lowest BCUT2D eigenvalue weighted by atomic mass is 9.91. The van der Waals surface area contributed by atoms with Gasteiger partial charge in [0.25, 0.3) is 0 Å². The van der Waals surface area contributed by atoms with Gasteiger partial charge in [-0.3, -0.25) is 0 Å². The molecule has 1 aromatic rings. The van der Waals surface area contributed by atoms with Gasteiger partial charge in [0.1, 0.15) is 5.75 Å². The van der Waals surface area contributed by atoms with Crippen molar-refractivity contribution in [3.63, 3.8) is 0 Å². The predicted molar refractivity (Wildman–Crippen MR) is 64.1 cm³/mol. The van der Waals surface area contributed by atoms with Crippen LogP contribution in [-0.2, 0) is 6.42 Å². The minimum absolute atomic E-state index is 0.341. The Hall–Kier alpha value is -1.02. The van der Waals surface area contributed by atoms with Gasteiger partial charge < -0.3 is 10.4 Å². The first-order valence-electron chi connectivity index (χ1n) is 5.62. The van der Waals surface area contributed by atoms with Gasteiger partial charge >= 0.3 is 0 Å². The van der Waals surface area contributed by atoms with Crippen LogP contribution in [0.5, 0.6) is 5.75 Å². The molecule has 0 radical (unpaired) electrons. The Morgan fingerprint density at radius 2 is 1.87 bits per heavy atom. The van der Waals surface area contributed by atoms with Gasteiger partial charge in [-0.2, -0.15) is 0 Å². The maximum absolute atomic E-state index is 9.19. The summed E-state index contributed by atoms with van der Waals surface area (Å²) in [6.45, 7) is 4.44. The number of phenols is 1. The van der Waals surface area contributed by atoms with Crippen LogP contribution in [0, 0.1) is 5.92 Å². The molecule has 0 aliphatic carbocycles. The SMILES string of the molecule is CCC(Cc1ccc(O)cc1)C(C)NC. The van der Waals surface area contributed by atoms with Crippen molar-refractivity contribution in [2.45, 2.75) is 32.7 Å². The number of aromatic hydroxyl groups is 1. The molecule has 15 heavy (non-hydrogen) atoms. The molecule has 0 aliphatic rings. The summed E-state index contributed by atoms with van der Waals surface area (Å²) in [6, 6.07) is 8.04. The third-order valence-corrected chi connectivity index (χ3v) is 3.12. The minimum atomic E-state index is 0.341. The van der Waals surface area contributed by atoms with Gasteiger partial charge in [0, 0.05) is 6.04 Å². The summed E-state index contributed by atoms with van der Waals surface area (Å²) in [5, 5.41) is 12.5. The molecule has 0 aliphatic heterocycles. The zero-order chi connectivity index (χ0) is 11.3. The molecule has 0 saturated carbocycles. The average Bonchev–Trinajstić information content (AvgIpc) is 2.27. The highest BCUT2D eigenvalue weighted by Gasteiger charge is 2.13. The number of benzene rings is 1. The number of rotatable bonds is 5. The Labute approximate surface area is 92.3 Å². The molecule has 0 spiro atoms. The molecule has 0 aromatic heterocycles. The summed E-state index contributed by atoms with van der Waals surface area (Å²) in [5.74, 6) is 0.994. The zero-order valence-electron chi connectivity index (χ0n) is 9.83. The molecule has 0 fully saturated rings. The summed E-state index contributed by atoms with van der Waals surface area (Å²) in [5.41, 5.74) is 1.29. The highest BCUT2D eigenvalue weighted by atomic mass is 16.3. The fourth-order valence-corrected chi connectivity index (χ4v) is 1.85. The molecular formula is C13H21NO. The minimum Gasteiger partial charge on any atom is -0.508 e. The van der Waals surface area contributed by atoms with E-state index < -0.39 is 0 Å². The van der Waals surface area contributed by atoms with Crippen molar-refractivity contribution in [1.29, 1.82) is 0 Å². The second kappa shape index (κ2) is 5.76. The third-order valence-electron chi connectivity index (χ3n) is 3.12. The van der Waals surface area contributed by atoms with Gasteiger partial charge in [0.2, 0.25) is 0 Å². The van der Waals surface area contributed by atoms with E-state index in [1.165, 1.54) is 12.0 Å². The lowest BCUT2D eigenvalue weighted by molar-refractivity contribution is 0.381. The first kappa shape index (κ1) is 12.1. The van der Waals surface area contributed by atoms with E-state index >= 15 is 0 Å². The fraction of sp³-hybridized carbons (Fsp3) is 0.538. The standard InChI is InChI=1S/C13H21NO/c1-4-12(10(2)14-3)9-11-5-7-13(15)8-6-11/h5-8,10,12,14-15H,4,9H2,1-3H3. The van der Waals surface area contributed by atoms with Crippen molar-refractivity contribution in [2.24, 2.45) is 5.92 Å². The summed E-state index contributed by atoms with van der Waals surface area (Å²) >= 11 is 0. The Morgan fingerprint density at radius 1 is 1.27 bits per heavy atom. The van der Waals surface area contributed by atoms with E-state index in [1.807, 2.05) is 19.2 Å². The summed E-state index contributed by atoms with van der Waals surface area (Å²) in [4.78, 5) is 0. The van der Waals surface area contributed by atoms with Gasteiger partial charge in [-0.25, -0.2) is 0 Å². The Balaban J connectivity index is 2.62. The van der Waals surface area contributed by atoms with Crippen LogP contribution >= 0.6 is 0 Å². The molecule has 0 saturated heterocycles. The molecule has 0 bridgehead atoms. The van der Waals surface area contributed by atoms with Crippen LogP contribution in [0.3, 0.4) is 0 Å². The zero-order valence-corrected chi connectivity index (χ0v) is 9.83. The van der Waals surface area contributed by atoms with E-state index in [0.717, 1.165) is 6.42 Å². The topological polar surface area (TPSA) is 32.3 Å². The third kappa shape index (κ3) is 3.56. The van der Waals surface area contributed by atoms with Gasteiger partial charge in [0.05, 0.1) is 0 Å². The van der Waals surface area contributed by atoms with Crippen LogP contribution in [0.1, 0.15) is 25.8 Å². The summed E-state index contributed by atoms with van der Waals surface area (Å²) in [7, 11) is 2.00. The van der Waals surface area contributed by atoms with Gasteiger partial charge in [0.15, 0.2) is 0 Å². The van der Waals surface area contributed by atoms with Gasteiger partial charge in [-0.15, -0.1) is 0 Å². The smallest absolute Gasteiger partial charge is 0.115 e. The Bertz CT molecular complexity index is 281.